The summed E-state index contributed by atoms with van der Waals surface area (Å²) in [7, 11) is 2.00. The fourth-order valence-corrected chi connectivity index (χ4v) is 2.85. The smallest absolute Gasteiger partial charge is 0.125 e. The largest absolute Gasteiger partial charge is 0.464 e. The number of hydrogen-bond donors (Lipinski definition) is 1. The molecule has 2 aromatic rings. The molecule has 20 heavy (non-hydrogen) atoms. The summed E-state index contributed by atoms with van der Waals surface area (Å²) in [5, 5.41) is 3.41. The predicted molar refractivity (Wildman–Crippen MR) is 84.4 cm³/mol. The third kappa shape index (κ3) is 2.53. The van der Waals surface area contributed by atoms with Crippen molar-refractivity contribution in [3.8, 4) is 0 Å². The predicted octanol–water partition coefficient (Wildman–Crippen LogP) is 4.38. The van der Waals surface area contributed by atoms with Crippen LogP contribution in [-0.2, 0) is 6.42 Å². The zero-order valence-corrected chi connectivity index (χ0v) is 13.4. The molecule has 0 spiro atoms. The molecular formula is C18H25NO. The maximum atomic E-state index is 5.97. The summed E-state index contributed by atoms with van der Waals surface area (Å²) in [6.07, 6.45) is 0.932. The van der Waals surface area contributed by atoms with Crippen LogP contribution in [0.4, 0.5) is 0 Å². The SMILES string of the molecule is CCc1ccc(C(NC)c2c(C)c(C)cc(C)c2C)o1. The molecule has 1 unspecified atom stereocenters. The van der Waals surface area contributed by atoms with Crippen LogP contribution in [0, 0.1) is 27.7 Å². The lowest BCUT2D eigenvalue weighted by molar-refractivity contribution is 0.432. The fraction of sp³-hybridized carbons (Fsp3) is 0.444. The Kier molecular flexibility index (Phi) is 4.34. The molecule has 0 fully saturated rings. The summed E-state index contributed by atoms with van der Waals surface area (Å²) in [5.41, 5.74) is 6.72. The van der Waals surface area contributed by atoms with Gasteiger partial charge in [-0.15, -0.1) is 0 Å². The maximum Gasteiger partial charge on any atom is 0.125 e. The van der Waals surface area contributed by atoms with Crippen molar-refractivity contribution in [2.75, 3.05) is 7.05 Å². The Labute approximate surface area is 122 Å². The Balaban J connectivity index is 2.57. The summed E-state index contributed by atoms with van der Waals surface area (Å²) >= 11 is 0. The Morgan fingerprint density at radius 1 is 1.05 bits per heavy atom. The summed E-state index contributed by atoms with van der Waals surface area (Å²) in [6.45, 7) is 10.9. The van der Waals surface area contributed by atoms with Crippen LogP contribution in [-0.4, -0.2) is 7.05 Å². The molecule has 1 aromatic heterocycles. The van der Waals surface area contributed by atoms with Crippen molar-refractivity contribution in [3.05, 3.63) is 57.5 Å². The number of rotatable bonds is 4. The highest BCUT2D eigenvalue weighted by Crippen LogP contribution is 2.32. The lowest BCUT2D eigenvalue weighted by Crippen LogP contribution is -2.20. The van der Waals surface area contributed by atoms with Crippen LogP contribution in [0.1, 0.15) is 52.3 Å². The number of aryl methyl sites for hydroxylation is 3. The molecule has 0 radical (unpaired) electrons. The van der Waals surface area contributed by atoms with Gasteiger partial charge in [-0.25, -0.2) is 0 Å². The van der Waals surface area contributed by atoms with Crippen molar-refractivity contribution in [3.63, 3.8) is 0 Å². The molecule has 2 rings (SSSR count). The van der Waals surface area contributed by atoms with Gasteiger partial charge in [0.25, 0.3) is 0 Å². The number of furan rings is 1. The summed E-state index contributed by atoms with van der Waals surface area (Å²) in [4.78, 5) is 0. The van der Waals surface area contributed by atoms with Gasteiger partial charge in [-0.1, -0.05) is 13.0 Å². The van der Waals surface area contributed by atoms with Gasteiger partial charge in [0.15, 0.2) is 0 Å². The molecule has 1 atom stereocenters. The first-order chi connectivity index (χ1) is 9.49. The molecule has 1 N–H and O–H groups in total. The fourth-order valence-electron chi connectivity index (χ4n) is 2.85. The first-order valence-corrected chi connectivity index (χ1v) is 7.32. The van der Waals surface area contributed by atoms with E-state index in [1.807, 2.05) is 7.05 Å². The molecule has 108 valence electrons. The number of nitrogens with one attached hydrogen (secondary N) is 1. The van der Waals surface area contributed by atoms with E-state index in [9.17, 15) is 0 Å². The van der Waals surface area contributed by atoms with E-state index in [0.717, 1.165) is 17.9 Å². The van der Waals surface area contributed by atoms with E-state index < -0.39 is 0 Å². The Morgan fingerprint density at radius 3 is 2.10 bits per heavy atom. The van der Waals surface area contributed by atoms with Crippen molar-refractivity contribution in [1.29, 1.82) is 0 Å². The van der Waals surface area contributed by atoms with Crippen molar-refractivity contribution < 1.29 is 4.42 Å². The second-order valence-electron chi connectivity index (χ2n) is 5.55. The van der Waals surface area contributed by atoms with E-state index in [0.29, 0.717) is 0 Å². The van der Waals surface area contributed by atoms with Gasteiger partial charge < -0.3 is 9.73 Å². The van der Waals surface area contributed by atoms with E-state index in [1.165, 1.54) is 27.8 Å². The summed E-state index contributed by atoms with van der Waals surface area (Å²) < 4.78 is 5.97. The van der Waals surface area contributed by atoms with E-state index >= 15 is 0 Å². The lowest BCUT2D eigenvalue weighted by Gasteiger charge is -2.22. The summed E-state index contributed by atoms with van der Waals surface area (Å²) in [6, 6.07) is 6.55. The van der Waals surface area contributed by atoms with Gasteiger partial charge in [-0.05, 0) is 74.7 Å². The second kappa shape index (κ2) is 5.84. The van der Waals surface area contributed by atoms with Gasteiger partial charge in [0, 0.05) is 6.42 Å². The van der Waals surface area contributed by atoms with Crippen LogP contribution < -0.4 is 5.32 Å². The minimum absolute atomic E-state index is 0.119. The Bertz CT molecular complexity index is 584. The van der Waals surface area contributed by atoms with Gasteiger partial charge in [-0.3, -0.25) is 0 Å². The zero-order chi connectivity index (χ0) is 14.9. The van der Waals surface area contributed by atoms with Crippen LogP contribution in [0.15, 0.2) is 22.6 Å². The highest BCUT2D eigenvalue weighted by molar-refractivity contribution is 5.47. The molecule has 0 aliphatic heterocycles. The van der Waals surface area contributed by atoms with Gasteiger partial charge in [0.1, 0.15) is 11.5 Å². The lowest BCUT2D eigenvalue weighted by atomic mass is 9.89. The standard InChI is InChI=1S/C18H25NO/c1-7-15-8-9-16(20-15)18(19-6)17-13(4)11(2)10-12(3)14(17)5/h8-10,18-19H,7H2,1-6H3. The molecule has 0 bridgehead atoms. The average Bonchev–Trinajstić information content (AvgIpc) is 2.90. The van der Waals surface area contributed by atoms with Crippen molar-refractivity contribution in [2.24, 2.45) is 0 Å². The highest BCUT2D eigenvalue weighted by atomic mass is 16.3. The van der Waals surface area contributed by atoms with Crippen LogP contribution in [0.25, 0.3) is 0 Å². The third-order valence-electron chi connectivity index (χ3n) is 4.32. The Hall–Kier alpha value is -1.54. The monoisotopic (exact) mass is 271 g/mol. The molecule has 0 aliphatic rings. The molecule has 0 saturated carbocycles. The normalized spacial score (nSPS) is 12.7. The minimum Gasteiger partial charge on any atom is -0.464 e. The average molecular weight is 271 g/mol. The zero-order valence-electron chi connectivity index (χ0n) is 13.4. The van der Waals surface area contributed by atoms with Crippen molar-refractivity contribution in [2.45, 2.75) is 47.1 Å². The number of benzene rings is 1. The van der Waals surface area contributed by atoms with Crippen LogP contribution in [0.3, 0.4) is 0 Å². The quantitative estimate of drug-likeness (QED) is 0.892. The highest BCUT2D eigenvalue weighted by Gasteiger charge is 2.21. The summed E-state index contributed by atoms with van der Waals surface area (Å²) in [5.74, 6) is 2.04. The van der Waals surface area contributed by atoms with Gasteiger partial charge in [-0.2, -0.15) is 0 Å². The molecule has 0 amide bonds. The van der Waals surface area contributed by atoms with Crippen LogP contribution >= 0.6 is 0 Å². The molecule has 2 nitrogen and oxygen atoms in total. The molecule has 1 heterocycles. The topological polar surface area (TPSA) is 25.2 Å². The third-order valence-corrected chi connectivity index (χ3v) is 4.32. The van der Waals surface area contributed by atoms with Crippen LogP contribution in [0.2, 0.25) is 0 Å². The van der Waals surface area contributed by atoms with Crippen LogP contribution in [0.5, 0.6) is 0 Å². The van der Waals surface area contributed by atoms with Crippen molar-refractivity contribution >= 4 is 0 Å². The molecule has 0 saturated heterocycles. The Morgan fingerprint density at radius 2 is 1.65 bits per heavy atom. The first-order valence-electron chi connectivity index (χ1n) is 7.32. The van der Waals surface area contributed by atoms with E-state index in [1.54, 1.807) is 0 Å². The van der Waals surface area contributed by atoms with E-state index in [4.69, 9.17) is 4.42 Å². The van der Waals surface area contributed by atoms with E-state index in [-0.39, 0.29) is 6.04 Å². The molecule has 0 aliphatic carbocycles. The van der Waals surface area contributed by atoms with Gasteiger partial charge in [0.2, 0.25) is 0 Å². The number of hydrogen-bond acceptors (Lipinski definition) is 2. The van der Waals surface area contributed by atoms with Gasteiger partial charge >= 0.3 is 0 Å². The maximum absolute atomic E-state index is 5.97. The first kappa shape index (κ1) is 14.9. The van der Waals surface area contributed by atoms with Crippen molar-refractivity contribution in [1.82, 2.24) is 5.32 Å². The molecular weight excluding hydrogens is 246 g/mol. The van der Waals surface area contributed by atoms with E-state index in [2.05, 4.69) is 58.1 Å². The second-order valence-corrected chi connectivity index (χ2v) is 5.55. The molecule has 2 heteroatoms. The molecule has 1 aromatic carbocycles. The minimum atomic E-state index is 0.119. The van der Waals surface area contributed by atoms with Gasteiger partial charge in [0.05, 0.1) is 6.04 Å².